The van der Waals surface area contributed by atoms with Crippen LogP contribution in [-0.4, -0.2) is 25.6 Å². The van der Waals surface area contributed by atoms with Gasteiger partial charge in [-0.3, -0.25) is 9.78 Å². The fourth-order valence-corrected chi connectivity index (χ4v) is 3.04. The lowest BCUT2D eigenvalue weighted by atomic mass is 10.2. The van der Waals surface area contributed by atoms with Crippen LogP contribution in [0.1, 0.15) is 5.56 Å². The largest absolute Gasteiger partial charge is 0.480 e. The molecule has 0 saturated heterocycles. The third-order valence-electron chi connectivity index (χ3n) is 3.02. The van der Waals surface area contributed by atoms with E-state index < -0.39 is 5.97 Å². The number of pyridine rings is 1. The molecule has 0 atom stereocenters. The van der Waals surface area contributed by atoms with Crippen LogP contribution in [0.15, 0.2) is 53.9 Å². The molecule has 0 unspecified atom stereocenters. The monoisotopic (exact) mass is 299 g/mol. The minimum Gasteiger partial charge on any atom is -0.480 e. The van der Waals surface area contributed by atoms with Crippen LogP contribution in [-0.2, 0) is 17.1 Å². The molecule has 2 heterocycles. The highest BCUT2D eigenvalue weighted by Crippen LogP contribution is 2.26. The molecule has 106 valence electrons. The third-order valence-corrected chi connectivity index (χ3v) is 4.07. The van der Waals surface area contributed by atoms with Crippen molar-refractivity contribution in [1.29, 1.82) is 0 Å². The van der Waals surface area contributed by atoms with Crippen molar-refractivity contribution >= 4 is 28.8 Å². The van der Waals surface area contributed by atoms with Crippen LogP contribution in [0.25, 0.3) is 11.0 Å². The molecule has 0 fully saturated rings. The molecular weight excluding hydrogens is 286 g/mol. The minimum absolute atomic E-state index is 0.112. The number of fused-ring (bicyclic) bond motifs is 1. The highest BCUT2D eigenvalue weighted by atomic mass is 32.2. The summed E-state index contributed by atoms with van der Waals surface area (Å²) in [6, 6.07) is 11.8. The molecule has 5 nitrogen and oxygen atoms in total. The Morgan fingerprint density at radius 2 is 2.05 bits per heavy atom. The molecule has 0 aliphatic heterocycles. The van der Waals surface area contributed by atoms with E-state index in [0.717, 1.165) is 16.8 Å². The molecule has 0 bridgehead atoms. The predicted molar refractivity (Wildman–Crippen MR) is 81.2 cm³/mol. The fraction of sp³-hybridized carbons (Fsp3) is 0.133. The van der Waals surface area contributed by atoms with Crippen LogP contribution < -0.4 is 0 Å². The van der Waals surface area contributed by atoms with Crippen molar-refractivity contribution in [3.8, 4) is 0 Å². The highest BCUT2D eigenvalue weighted by Gasteiger charge is 2.13. The number of thioether (sulfide) groups is 1. The first kappa shape index (κ1) is 13.6. The Labute approximate surface area is 125 Å². The van der Waals surface area contributed by atoms with Crippen LogP contribution in [0.4, 0.5) is 0 Å². The fourth-order valence-electron chi connectivity index (χ4n) is 2.07. The number of hydrogen-bond donors (Lipinski definition) is 1. The van der Waals surface area contributed by atoms with Crippen LogP contribution in [0.5, 0.6) is 0 Å². The van der Waals surface area contributed by atoms with E-state index in [0.29, 0.717) is 5.16 Å². The average molecular weight is 299 g/mol. The lowest BCUT2D eigenvalue weighted by molar-refractivity contribution is -0.137. The molecule has 3 rings (SSSR count). The van der Waals surface area contributed by atoms with Crippen LogP contribution >= 0.6 is 11.8 Å². The van der Waals surface area contributed by atoms with Gasteiger partial charge in [0, 0.05) is 11.9 Å². The molecule has 0 aliphatic rings. The number of nitrogens with zero attached hydrogens (tertiary/aromatic N) is 3. The van der Waals surface area contributed by atoms with E-state index in [2.05, 4.69) is 9.97 Å². The molecule has 0 radical (unpaired) electrons. The van der Waals surface area contributed by atoms with Gasteiger partial charge >= 0.3 is 5.97 Å². The summed E-state index contributed by atoms with van der Waals surface area (Å²) < 4.78 is 1.69. The maximum Gasteiger partial charge on any atom is 0.323 e. The summed E-state index contributed by atoms with van der Waals surface area (Å²) >= 11 is 1.53. The first-order valence-electron chi connectivity index (χ1n) is 6.43. The van der Waals surface area contributed by atoms with Gasteiger partial charge < -0.3 is 9.67 Å². The van der Waals surface area contributed by atoms with Crippen molar-refractivity contribution in [2.45, 2.75) is 17.5 Å². The van der Waals surface area contributed by atoms with Crippen molar-refractivity contribution in [3.05, 3.63) is 54.4 Å². The lowest BCUT2D eigenvalue weighted by Gasteiger charge is -2.05. The Morgan fingerprint density at radius 1 is 1.24 bits per heavy atom. The molecule has 0 aliphatic carbocycles. The van der Waals surface area contributed by atoms with Crippen molar-refractivity contribution < 1.29 is 9.90 Å². The molecule has 21 heavy (non-hydrogen) atoms. The maximum absolute atomic E-state index is 11.1. The molecule has 1 N–H and O–H groups in total. The smallest absolute Gasteiger partial charge is 0.323 e. The third kappa shape index (κ3) is 3.05. The van der Waals surface area contributed by atoms with E-state index in [1.807, 2.05) is 30.3 Å². The zero-order valence-corrected chi connectivity index (χ0v) is 12.0. The van der Waals surface area contributed by atoms with E-state index >= 15 is 0 Å². The van der Waals surface area contributed by atoms with Crippen molar-refractivity contribution in [2.75, 3.05) is 0 Å². The summed E-state index contributed by atoms with van der Waals surface area (Å²) in [5.41, 5.74) is 2.69. The lowest BCUT2D eigenvalue weighted by Crippen LogP contribution is -2.09. The first-order chi connectivity index (χ1) is 10.2. The number of benzene rings is 1. The van der Waals surface area contributed by atoms with Gasteiger partial charge in [-0.25, -0.2) is 4.98 Å². The molecular formula is C15H13N3O2S. The van der Waals surface area contributed by atoms with Crippen molar-refractivity contribution in [3.63, 3.8) is 0 Å². The van der Waals surface area contributed by atoms with Gasteiger partial charge in [0.15, 0.2) is 5.16 Å². The van der Waals surface area contributed by atoms with Gasteiger partial charge in [0.05, 0.1) is 17.2 Å². The van der Waals surface area contributed by atoms with Gasteiger partial charge in [0.1, 0.15) is 6.54 Å². The molecule has 3 aromatic rings. The number of rotatable bonds is 5. The van der Waals surface area contributed by atoms with Gasteiger partial charge in [-0.05, 0) is 11.6 Å². The van der Waals surface area contributed by atoms with E-state index in [1.54, 1.807) is 23.0 Å². The minimum atomic E-state index is -0.889. The molecule has 1 aromatic carbocycles. The SMILES string of the molecule is O=C(O)Cn1c(SCc2ccccc2)nc2ccncc21. The molecule has 0 amide bonds. The quantitative estimate of drug-likeness (QED) is 0.734. The number of carboxylic acid groups (broad SMARTS) is 1. The van der Waals surface area contributed by atoms with E-state index in [9.17, 15) is 4.79 Å². The zero-order valence-electron chi connectivity index (χ0n) is 11.1. The Hall–Kier alpha value is -2.34. The Balaban J connectivity index is 1.91. The second-order valence-corrected chi connectivity index (χ2v) is 5.46. The highest BCUT2D eigenvalue weighted by molar-refractivity contribution is 7.98. The topological polar surface area (TPSA) is 68.0 Å². The Bertz CT molecular complexity index is 771. The van der Waals surface area contributed by atoms with Gasteiger partial charge in [-0.15, -0.1) is 0 Å². The van der Waals surface area contributed by atoms with Crippen molar-refractivity contribution in [2.24, 2.45) is 0 Å². The maximum atomic E-state index is 11.1. The van der Waals surface area contributed by atoms with Gasteiger partial charge in [-0.1, -0.05) is 42.1 Å². The van der Waals surface area contributed by atoms with Crippen molar-refractivity contribution in [1.82, 2.24) is 14.5 Å². The molecule has 6 heteroatoms. The summed E-state index contributed by atoms with van der Waals surface area (Å²) in [4.78, 5) is 19.6. The number of hydrogen-bond acceptors (Lipinski definition) is 4. The normalized spacial score (nSPS) is 10.9. The van der Waals surface area contributed by atoms with E-state index in [-0.39, 0.29) is 6.54 Å². The van der Waals surface area contributed by atoms with Gasteiger partial charge in [-0.2, -0.15) is 0 Å². The number of imidazole rings is 1. The standard InChI is InChI=1S/C15H13N3O2S/c19-14(20)9-18-13-8-16-7-6-12(13)17-15(18)21-10-11-4-2-1-3-5-11/h1-8H,9-10H2,(H,19,20). The zero-order chi connectivity index (χ0) is 14.7. The number of aromatic nitrogens is 3. The summed E-state index contributed by atoms with van der Waals surface area (Å²) in [6.07, 6.45) is 3.31. The second-order valence-electron chi connectivity index (χ2n) is 4.51. The number of aliphatic carboxylic acids is 1. The average Bonchev–Trinajstić information content (AvgIpc) is 2.84. The Morgan fingerprint density at radius 3 is 2.81 bits per heavy atom. The summed E-state index contributed by atoms with van der Waals surface area (Å²) in [6.45, 7) is -0.112. The summed E-state index contributed by atoms with van der Waals surface area (Å²) in [5, 5.41) is 9.77. The van der Waals surface area contributed by atoms with E-state index in [4.69, 9.17) is 5.11 Å². The Kier molecular flexibility index (Phi) is 3.87. The molecule has 0 spiro atoms. The summed E-state index contributed by atoms with van der Waals surface area (Å²) in [7, 11) is 0. The van der Waals surface area contributed by atoms with E-state index in [1.165, 1.54) is 17.3 Å². The molecule has 2 aromatic heterocycles. The number of carboxylic acids is 1. The first-order valence-corrected chi connectivity index (χ1v) is 7.41. The summed E-state index contributed by atoms with van der Waals surface area (Å²) in [5.74, 6) is -0.142. The second kappa shape index (κ2) is 5.97. The van der Waals surface area contributed by atoms with Crippen LogP contribution in [0.3, 0.4) is 0 Å². The van der Waals surface area contributed by atoms with Crippen LogP contribution in [0.2, 0.25) is 0 Å². The van der Waals surface area contributed by atoms with Gasteiger partial charge in [0.25, 0.3) is 0 Å². The molecule has 0 saturated carbocycles. The van der Waals surface area contributed by atoms with Crippen LogP contribution in [0, 0.1) is 0 Å². The number of carbonyl (C=O) groups is 1. The van der Waals surface area contributed by atoms with Gasteiger partial charge in [0.2, 0.25) is 0 Å². The predicted octanol–water partition coefficient (Wildman–Crippen LogP) is 2.81.